The quantitative estimate of drug-likeness (QED) is 0.714. The first-order chi connectivity index (χ1) is 12.6. The number of carbonyl (C=O) groups excluding carboxylic acids is 1. The van der Waals surface area contributed by atoms with Gasteiger partial charge in [0.1, 0.15) is 5.75 Å². The molecule has 1 amide bonds. The number of benzene rings is 1. The maximum absolute atomic E-state index is 13.3. The summed E-state index contributed by atoms with van der Waals surface area (Å²) in [5, 5.41) is 4.21. The van der Waals surface area contributed by atoms with Crippen LogP contribution in [0.2, 0.25) is 0 Å². The number of methoxy groups -OCH3 is 1. The number of aromatic nitrogens is 3. The highest BCUT2D eigenvalue weighted by Crippen LogP contribution is 2.53. The lowest BCUT2D eigenvalue weighted by Crippen LogP contribution is -2.42. The first kappa shape index (κ1) is 15.4. The molecule has 0 bridgehead atoms. The number of rotatable bonds is 2. The van der Waals surface area contributed by atoms with Gasteiger partial charge in [0, 0.05) is 30.8 Å². The maximum atomic E-state index is 13.3. The van der Waals surface area contributed by atoms with Crippen LogP contribution in [0.25, 0.3) is 5.65 Å². The van der Waals surface area contributed by atoms with Crippen molar-refractivity contribution in [2.75, 3.05) is 13.7 Å². The van der Waals surface area contributed by atoms with E-state index in [1.54, 1.807) is 24.0 Å². The van der Waals surface area contributed by atoms with E-state index in [4.69, 9.17) is 4.74 Å². The summed E-state index contributed by atoms with van der Waals surface area (Å²) in [6.07, 6.45) is 5.72. The Labute approximate surface area is 151 Å². The summed E-state index contributed by atoms with van der Waals surface area (Å²) in [5.74, 6) is 0.916. The summed E-state index contributed by atoms with van der Waals surface area (Å²) in [7, 11) is 1.70. The second-order valence-corrected chi connectivity index (χ2v) is 7.34. The van der Waals surface area contributed by atoms with Gasteiger partial charge >= 0.3 is 0 Å². The fourth-order valence-electron chi connectivity index (χ4n) is 4.07. The van der Waals surface area contributed by atoms with Crippen molar-refractivity contribution in [1.82, 2.24) is 19.5 Å². The van der Waals surface area contributed by atoms with Crippen molar-refractivity contribution >= 4 is 11.6 Å². The zero-order valence-electron chi connectivity index (χ0n) is 14.9. The third-order valence-electron chi connectivity index (χ3n) is 5.69. The highest BCUT2D eigenvalue weighted by atomic mass is 16.5. The number of amides is 1. The molecular formula is C20H20N4O2. The zero-order chi connectivity index (χ0) is 17.9. The van der Waals surface area contributed by atoms with Gasteiger partial charge in [0.15, 0.2) is 5.65 Å². The fourth-order valence-corrected chi connectivity index (χ4v) is 4.07. The molecule has 6 heteroatoms. The lowest BCUT2D eigenvalue weighted by Gasteiger charge is -2.35. The molecule has 2 aliphatic rings. The van der Waals surface area contributed by atoms with Crippen LogP contribution in [-0.2, 0) is 12.0 Å². The molecule has 0 atom stereocenters. The van der Waals surface area contributed by atoms with Gasteiger partial charge in [-0.05, 0) is 43.0 Å². The minimum absolute atomic E-state index is 0.0279. The van der Waals surface area contributed by atoms with Gasteiger partial charge in [-0.1, -0.05) is 6.07 Å². The Morgan fingerprint density at radius 1 is 1.27 bits per heavy atom. The van der Waals surface area contributed by atoms with Gasteiger partial charge in [0.25, 0.3) is 5.91 Å². The summed E-state index contributed by atoms with van der Waals surface area (Å²) in [4.78, 5) is 19.7. The lowest BCUT2D eigenvalue weighted by molar-refractivity contribution is 0.0707. The summed E-state index contributed by atoms with van der Waals surface area (Å²) < 4.78 is 7.06. The van der Waals surface area contributed by atoms with E-state index in [0.717, 1.165) is 36.5 Å². The minimum atomic E-state index is 0.0279. The summed E-state index contributed by atoms with van der Waals surface area (Å²) >= 11 is 0. The monoisotopic (exact) mass is 348 g/mol. The van der Waals surface area contributed by atoms with E-state index in [1.165, 1.54) is 11.1 Å². The van der Waals surface area contributed by atoms with Crippen LogP contribution in [0, 0.1) is 6.92 Å². The average molecular weight is 348 g/mol. The predicted octanol–water partition coefficient (Wildman–Crippen LogP) is 2.73. The van der Waals surface area contributed by atoms with Gasteiger partial charge in [0.2, 0.25) is 0 Å². The Morgan fingerprint density at radius 2 is 2.12 bits per heavy atom. The van der Waals surface area contributed by atoms with Crippen molar-refractivity contribution in [3.63, 3.8) is 0 Å². The molecule has 0 N–H and O–H groups in total. The molecule has 0 radical (unpaired) electrons. The van der Waals surface area contributed by atoms with Gasteiger partial charge in [-0.3, -0.25) is 4.79 Å². The molecule has 132 valence electrons. The standard InChI is InChI=1S/C20H20N4O2/c1-13-16(11-24-18(22-13)5-8-21-24)19(25)23-10-14-3-4-15(26-2)9-17(14)20(12-23)6-7-20/h3-5,8-9,11H,6-7,10,12H2,1-2H3. The van der Waals surface area contributed by atoms with E-state index in [1.807, 2.05) is 24.0 Å². The first-order valence-corrected chi connectivity index (χ1v) is 8.87. The number of aryl methyl sites for hydroxylation is 1. The Balaban J connectivity index is 1.52. The minimum Gasteiger partial charge on any atom is -0.497 e. The maximum Gasteiger partial charge on any atom is 0.257 e. The van der Waals surface area contributed by atoms with Crippen LogP contribution in [0.15, 0.2) is 36.7 Å². The molecule has 6 nitrogen and oxygen atoms in total. The smallest absolute Gasteiger partial charge is 0.257 e. The number of nitrogens with zero attached hydrogens (tertiary/aromatic N) is 4. The van der Waals surface area contributed by atoms with Crippen LogP contribution in [-0.4, -0.2) is 39.1 Å². The SMILES string of the molecule is COc1ccc2c(c1)C1(CC1)CN(C(=O)c1cn3nccc3nc1C)C2. The van der Waals surface area contributed by atoms with Crippen molar-refractivity contribution in [2.45, 2.75) is 31.7 Å². The first-order valence-electron chi connectivity index (χ1n) is 8.87. The summed E-state index contributed by atoms with van der Waals surface area (Å²) in [6.45, 7) is 3.26. The number of hydrogen-bond acceptors (Lipinski definition) is 4. The van der Waals surface area contributed by atoms with E-state index < -0.39 is 0 Å². The molecule has 2 aromatic heterocycles. The van der Waals surface area contributed by atoms with E-state index in [-0.39, 0.29) is 11.3 Å². The van der Waals surface area contributed by atoms with Crippen molar-refractivity contribution < 1.29 is 9.53 Å². The molecule has 5 rings (SSSR count). The Bertz CT molecular complexity index is 1040. The number of fused-ring (bicyclic) bond motifs is 3. The molecule has 1 aliphatic carbocycles. The highest BCUT2D eigenvalue weighted by Gasteiger charge is 2.50. The third kappa shape index (κ3) is 2.21. The molecule has 1 aromatic carbocycles. The lowest BCUT2D eigenvalue weighted by atomic mass is 9.86. The molecule has 3 aromatic rings. The van der Waals surface area contributed by atoms with E-state index in [9.17, 15) is 4.79 Å². The molecule has 3 heterocycles. The summed E-state index contributed by atoms with van der Waals surface area (Å²) in [5.41, 5.74) is 4.78. The second kappa shape index (κ2) is 5.30. The Kier molecular flexibility index (Phi) is 3.13. The van der Waals surface area contributed by atoms with Gasteiger partial charge in [-0.15, -0.1) is 0 Å². The van der Waals surface area contributed by atoms with Crippen molar-refractivity contribution in [1.29, 1.82) is 0 Å². The Hall–Kier alpha value is -2.89. The summed E-state index contributed by atoms with van der Waals surface area (Å²) in [6, 6.07) is 8.05. The molecule has 1 fully saturated rings. The number of ether oxygens (including phenoxy) is 1. The molecule has 26 heavy (non-hydrogen) atoms. The molecule has 1 spiro atoms. The van der Waals surface area contributed by atoms with Crippen LogP contribution in [0.3, 0.4) is 0 Å². The van der Waals surface area contributed by atoms with Gasteiger partial charge in [-0.25, -0.2) is 9.50 Å². The number of carbonyl (C=O) groups is 1. The van der Waals surface area contributed by atoms with Gasteiger partial charge < -0.3 is 9.64 Å². The molecule has 1 aliphatic heterocycles. The fraction of sp³-hybridized carbons (Fsp3) is 0.350. The largest absolute Gasteiger partial charge is 0.497 e. The predicted molar refractivity (Wildman–Crippen MR) is 96.4 cm³/mol. The van der Waals surface area contributed by atoms with Crippen LogP contribution >= 0.6 is 0 Å². The molecular weight excluding hydrogens is 328 g/mol. The van der Waals surface area contributed by atoms with Gasteiger partial charge in [0.05, 0.1) is 24.6 Å². The van der Waals surface area contributed by atoms with Crippen LogP contribution in [0.4, 0.5) is 0 Å². The van der Waals surface area contributed by atoms with E-state index in [2.05, 4.69) is 22.2 Å². The molecule has 1 saturated carbocycles. The van der Waals surface area contributed by atoms with Gasteiger partial charge in [-0.2, -0.15) is 5.10 Å². The van der Waals surface area contributed by atoms with Crippen LogP contribution < -0.4 is 4.74 Å². The van der Waals surface area contributed by atoms with E-state index in [0.29, 0.717) is 12.1 Å². The molecule has 0 unspecified atom stereocenters. The highest BCUT2D eigenvalue weighted by molar-refractivity contribution is 5.95. The van der Waals surface area contributed by atoms with E-state index >= 15 is 0 Å². The molecule has 0 saturated heterocycles. The second-order valence-electron chi connectivity index (χ2n) is 7.34. The third-order valence-corrected chi connectivity index (χ3v) is 5.69. The zero-order valence-corrected chi connectivity index (χ0v) is 14.9. The Morgan fingerprint density at radius 3 is 2.88 bits per heavy atom. The topological polar surface area (TPSA) is 59.7 Å². The van der Waals surface area contributed by atoms with Crippen LogP contribution in [0.1, 0.15) is 40.0 Å². The van der Waals surface area contributed by atoms with Crippen LogP contribution in [0.5, 0.6) is 5.75 Å². The average Bonchev–Trinajstić information content (AvgIpc) is 3.27. The number of hydrogen-bond donors (Lipinski definition) is 0. The van der Waals surface area contributed by atoms with Crippen molar-refractivity contribution in [2.24, 2.45) is 0 Å². The van der Waals surface area contributed by atoms with Crippen molar-refractivity contribution in [3.8, 4) is 5.75 Å². The van der Waals surface area contributed by atoms with Crippen molar-refractivity contribution in [3.05, 3.63) is 59.0 Å². The normalized spacial score (nSPS) is 17.4.